The van der Waals surface area contributed by atoms with E-state index in [1.54, 1.807) is 0 Å². The van der Waals surface area contributed by atoms with Gasteiger partial charge in [-0.2, -0.15) is 0 Å². The average molecular weight is 272 g/mol. The van der Waals surface area contributed by atoms with E-state index in [9.17, 15) is 4.79 Å². The van der Waals surface area contributed by atoms with E-state index in [-0.39, 0.29) is 12.2 Å². The topological polar surface area (TPSA) is 74.2 Å². The SMILES string of the molecule is CCC(O)COP.O=C1OCC(COP)O1. The van der Waals surface area contributed by atoms with Crippen LogP contribution in [0.25, 0.3) is 0 Å². The Morgan fingerprint density at radius 3 is 2.56 bits per heavy atom. The molecule has 1 aliphatic rings. The molecule has 1 rings (SSSR count). The Morgan fingerprint density at radius 2 is 2.25 bits per heavy atom. The summed E-state index contributed by atoms with van der Waals surface area (Å²) in [6.45, 7) is 3.00. The second-order valence-electron chi connectivity index (χ2n) is 3.03. The first kappa shape index (κ1) is 16.0. The van der Waals surface area contributed by atoms with E-state index < -0.39 is 6.16 Å². The number of hydrogen-bond donors (Lipinski definition) is 1. The molecule has 1 aliphatic heterocycles. The summed E-state index contributed by atoms with van der Waals surface area (Å²) in [5.41, 5.74) is 0. The summed E-state index contributed by atoms with van der Waals surface area (Å²) in [6, 6.07) is 0. The van der Waals surface area contributed by atoms with Gasteiger partial charge in [-0.25, -0.2) is 4.79 Å². The summed E-state index contributed by atoms with van der Waals surface area (Å²) in [6.07, 6.45) is -0.372. The van der Waals surface area contributed by atoms with Crippen LogP contribution >= 0.6 is 18.9 Å². The predicted molar refractivity (Wildman–Crippen MR) is 63.8 cm³/mol. The van der Waals surface area contributed by atoms with Crippen molar-refractivity contribution in [1.82, 2.24) is 0 Å². The predicted octanol–water partition coefficient (Wildman–Crippen LogP) is 0.892. The number of aliphatic hydroxyl groups is 1. The number of rotatable bonds is 5. The highest BCUT2D eigenvalue weighted by atomic mass is 31.0. The van der Waals surface area contributed by atoms with Gasteiger partial charge in [-0.05, 0) is 6.42 Å². The molecular formula is C8H18O6P2. The maximum atomic E-state index is 10.2. The summed E-state index contributed by atoms with van der Waals surface area (Å²) in [4.78, 5) is 10.2. The molecule has 0 bridgehead atoms. The zero-order chi connectivity index (χ0) is 12.4. The molecule has 0 radical (unpaired) electrons. The molecule has 8 heteroatoms. The van der Waals surface area contributed by atoms with Crippen molar-refractivity contribution >= 4 is 25.1 Å². The van der Waals surface area contributed by atoms with Crippen LogP contribution in [-0.4, -0.2) is 43.3 Å². The molecule has 0 spiro atoms. The van der Waals surface area contributed by atoms with E-state index in [1.165, 1.54) is 0 Å². The standard InChI is InChI=1S/C4H7O4P.C4H11O2P/c5-4-6-1-3(8-4)2-7-9;1-2-4(5)3-6-7/h3H,1-2,9H2;4-5H,2-3,7H2,1H3. The molecule has 0 amide bonds. The van der Waals surface area contributed by atoms with E-state index in [4.69, 9.17) is 5.11 Å². The monoisotopic (exact) mass is 272 g/mol. The summed E-state index contributed by atoms with van der Waals surface area (Å²) in [5.74, 6) is 0. The van der Waals surface area contributed by atoms with Crippen molar-refractivity contribution < 1.29 is 28.4 Å². The maximum absolute atomic E-state index is 10.2. The van der Waals surface area contributed by atoms with Crippen molar-refractivity contribution in [3.63, 3.8) is 0 Å². The molecule has 4 atom stereocenters. The number of carbonyl (C=O) groups is 1. The zero-order valence-corrected chi connectivity index (χ0v) is 11.4. The molecule has 1 saturated heterocycles. The molecule has 0 aromatic carbocycles. The van der Waals surface area contributed by atoms with Crippen molar-refractivity contribution in [2.75, 3.05) is 19.8 Å². The zero-order valence-electron chi connectivity index (χ0n) is 9.13. The van der Waals surface area contributed by atoms with Gasteiger partial charge in [-0.3, -0.25) is 0 Å². The number of hydrogen-bond acceptors (Lipinski definition) is 6. The largest absolute Gasteiger partial charge is 0.508 e. The molecule has 16 heavy (non-hydrogen) atoms. The minimum Gasteiger partial charge on any atom is -0.430 e. The minimum atomic E-state index is -0.609. The van der Waals surface area contributed by atoms with Crippen LogP contribution in [0.5, 0.6) is 0 Å². The van der Waals surface area contributed by atoms with E-state index in [0.717, 1.165) is 6.42 Å². The maximum Gasteiger partial charge on any atom is 0.508 e. The van der Waals surface area contributed by atoms with Gasteiger partial charge in [-0.15, -0.1) is 0 Å². The summed E-state index contributed by atoms with van der Waals surface area (Å²) in [5, 5.41) is 8.72. The van der Waals surface area contributed by atoms with Crippen LogP contribution in [-0.2, 0) is 18.5 Å². The molecule has 1 heterocycles. The molecule has 0 aromatic rings. The van der Waals surface area contributed by atoms with Crippen LogP contribution in [0.3, 0.4) is 0 Å². The van der Waals surface area contributed by atoms with Crippen LogP contribution in [0.1, 0.15) is 13.3 Å². The number of ether oxygens (including phenoxy) is 2. The summed E-state index contributed by atoms with van der Waals surface area (Å²) < 4.78 is 18.3. The fraction of sp³-hybridized carbons (Fsp3) is 0.875. The first-order chi connectivity index (χ1) is 7.63. The lowest BCUT2D eigenvalue weighted by molar-refractivity contribution is 0.103. The fourth-order valence-corrected chi connectivity index (χ4v) is 1.22. The van der Waals surface area contributed by atoms with Crippen LogP contribution in [0.15, 0.2) is 0 Å². The molecular weight excluding hydrogens is 254 g/mol. The third-order valence-corrected chi connectivity index (χ3v) is 2.08. The van der Waals surface area contributed by atoms with Gasteiger partial charge in [0.15, 0.2) is 6.10 Å². The third kappa shape index (κ3) is 8.20. The number of aliphatic hydroxyl groups excluding tert-OH is 1. The van der Waals surface area contributed by atoms with E-state index in [2.05, 4.69) is 37.5 Å². The van der Waals surface area contributed by atoms with Crippen LogP contribution < -0.4 is 0 Å². The van der Waals surface area contributed by atoms with Gasteiger partial charge in [0.05, 0.1) is 19.3 Å². The molecule has 4 unspecified atom stereocenters. The highest BCUT2D eigenvalue weighted by Gasteiger charge is 2.24. The summed E-state index contributed by atoms with van der Waals surface area (Å²) in [7, 11) is 4.17. The first-order valence-corrected chi connectivity index (χ1v) is 5.73. The normalized spacial score (nSPS) is 20.5. The van der Waals surface area contributed by atoms with Crippen LogP contribution in [0.2, 0.25) is 0 Å². The van der Waals surface area contributed by atoms with E-state index >= 15 is 0 Å². The van der Waals surface area contributed by atoms with Crippen molar-refractivity contribution in [2.45, 2.75) is 25.6 Å². The lowest BCUT2D eigenvalue weighted by atomic mass is 10.3. The van der Waals surface area contributed by atoms with Crippen LogP contribution in [0.4, 0.5) is 4.79 Å². The van der Waals surface area contributed by atoms with Gasteiger partial charge in [0.2, 0.25) is 0 Å². The molecule has 1 N–H and O–H groups in total. The second-order valence-corrected chi connectivity index (χ2v) is 3.70. The first-order valence-electron chi connectivity index (χ1n) is 4.78. The Bertz CT molecular complexity index is 191. The molecule has 0 aliphatic carbocycles. The molecule has 6 nitrogen and oxygen atoms in total. The number of carbonyl (C=O) groups excluding carboxylic acids is 1. The van der Waals surface area contributed by atoms with E-state index in [1.807, 2.05) is 6.92 Å². The molecule has 96 valence electrons. The highest BCUT2D eigenvalue weighted by Crippen LogP contribution is 2.06. The Hall–Kier alpha value is 0.01000. The fourth-order valence-electron chi connectivity index (χ4n) is 0.783. The van der Waals surface area contributed by atoms with Gasteiger partial charge in [0.25, 0.3) is 0 Å². The number of cyclic esters (lactones) is 2. The molecule has 0 saturated carbocycles. The van der Waals surface area contributed by atoms with Gasteiger partial charge >= 0.3 is 6.16 Å². The van der Waals surface area contributed by atoms with E-state index in [0.29, 0.717) is 19.8 Å². The molecule has 1 fully saturated rings. The lowest BCUT2D eigenvalue weighted by Crippen LogP contribution is -2.14. The Kier molecular flexibility index (Phi) is 10.2. The van der Waals surface area contributed by atoms with Crippen molar-refractivity contribution in [3.8, 4) is 0 Å². The lowest BCUT2D eigenvalue weighted by Gasteiger charge is -2.02. The molecule has 0 aromatic heterocycles. The Morgan fingerprint density at radius 1 is 1.56 bits per heavy atom. The third-order valence-electron chi connectivity index (χ3n) is 1.69. The van der Waals surface area contributed by atoms with Crippen molar-refractivity contribution in [1.29, 1.82) is 0 Å². The second kappa shape index (κ2) is 10.2. The summed E-state index contributed by atoms with van der Waals surface area (Å²) >= 11 is 0. The Labute approximate surface area is 99.5 Å². The highest BCUT2D eigenvalue weighted by molar-refractivity contribution is 7.10. The average Bonchev–Trinajstić information content (AvgIpc) is 2.66. The quantitative estimate of drug-likeness (QED) is 0.592. The van der Waals surface area contributed by atoms with Gasteiger partial charge < -0.3 is 23.6 Å². The van der Waals surface area contributed by atoms with Crippen LogP contribution in [0, 0.1) is 0 Å². The Balaban J connectivity index is 0.000000293. The van der Waals surface area contributed by atoms with Gasteiger partial charge in [0, 0.05) is 18.9 Å². The van der Waals surface area contributed by atoms with Crippen molar-refractivity contribution in [3.05, 3.63) is 0 Å². The van der Waals surface area contributed by atoms with Gasteiger partial charge in [-0.1, -0.05) is 6.92 Å². The minimum absolute atomic E-state index is 0.227. The van der Waals surface area contributed by atoms with Gasteiger partial charge in [0.1, 0.15) is 6.61 Å². The smallest absolute Gasteiger partial charge is 0.430 e. The van der Waals surface area contributed by atoms with Crippen molar-refractivity contribution in [2.24, 2.45) is 0 Å².